The van der Waals surface area contributed by atoms with Gasteiger partial charge < -0.3 is 0 Å². The minimum Gasteiger partial charge on any atom is -0.102 e. The molecule has 0 N–H and O–H groups in total. The van der Waals surface area contributed by atoms with Gasteiger partial charge in [0.1, 0.15) is 4.33 Å². The molecule has 0 atom stereocenters. The Kier molecular flexibility index (Phi) is 9.37. The van der Waals surface area contributed by atoms with Gasteiger partial charge in [-0.25, -0.2) is 0 Å². The van der Waals surface area contributed by atoms with Gasteiger partial charge in [-0.15, -0.1) is 23.2 Å². The van der Waals surface area contributed by atoms with Crippen LogP contribution in [0.5, 0.6) is 0 Å². The molecule has 1 rings (SSSR count). The fourth-order valence-corrected chi connectivity index (χ4v) is 1.60. The molecule has 0 aromatic rings. The van der Waals surface area contributed by atoms with E-state index in [1.165, 1.54) is 19.3 Å². The van der Waals surface area contributed by atoms with Crippen LogP contribution in [0.3, 0.4) is 0 Å². The maximum absolute atomic E-state index is 5.84. The van der Waals surface area contributed by atoms with E-state index < -0.39 is 0 Å². The monoisotopic (exact) mass is 542 g/mol. The fraction of sp³-hybridized carbons (Fsp3) is 1.00. The molecule has 0 saturated heterocycles. The van der Waals surface area contributed by atoms with Gasteiger partial charge in [-0.05, 0) is 12.8 Å². The number of alkyl halides is 2. The third-order valence-electron chi connectivity index (χ3n) is 1.59. The van der Waals surface area contributed by atoms with E-state index in [1.54, 1.807) is 0 Å². The largest absolute Gasteiger partial charge is 0.118 e. The van der Waals surface area contributed by atoms with Crippen LogP contribution in [0.2, 0.25) is 0 Å². The standard InChI is InChI=1S/C6H10Cl2.2Pt/c7-6(8)4-2-1-3-5-6;;/h1-5H2;;. The first-order chi connectivity index (χ1) is 3.71. The van der Waals surface area contributed by atoms with Crippen molar-refractivity contribution < 1.29 is 42.1 Å². The number of hydrogen-bond donors (Lipinski definition) is 0. The topological polar surface area (TPSA) is 0 Å². The Morgan fingerprint density at radius 3 is 1.40 bits per heavy atom. The van der Waals surface area contributed by atoms with Crippen molar-refractivity contribution in [3.63, 3.8) is 0 Å². The van der Waals surface area contributed by atoms with Crippen molar-refractivity contribution in [3.05, 3.63) is 0 Å². The molecule has 0 unspecified atom stereocenters. The van der Waals surface area contributed by atoms with E-state index in [4.69, 9.17) is 23.2 Å². The van der Waals surface area contributed by atoms with E-state index in [9.17, 15) is 0 Å². The van der Waals surface area contributed by atoms with Crippen molar-refractivity contribution in [3.8, 4) is 0 Å². The SMILES string of the molecule is ClC1(Cl)CCCCC1.[Pt].[Pt]. The van der Waals surface area contributed by atoms with Gasteiger partial charge in [-0.1, -0.05) is 19.3 Å². The average Bonchev–Trinajstić information content (AvgIpc) is 1.65. The third-order valence-corrected chi connectivity index (χ3v) is 2.34. The summed E-state index contributed by atoms with van der Waals surface area (Å²) >= 11 is 11.7. The van der Waals surface area contributed by atoms with Gasteiger partial charge in [0, 0.05) is 42.1 Å². The third kappa shape index (κ3) is 5.59. The number of halogens is 2. The fourth-order valence-electron chi connectivity index (χ4n) is 1.07. The second kappa shape index (κ2) is 6.47. The Bertz CT molecular complexity index is 77.8. The average molecular weight is 543 g/mol. The van der Waals surface area contributed by atoms with Crippen molar-refractivity contribution in [1.29, 1.82) is 0 Å². The van der Waals surface area contributed by atoms with Crippen LogP contribution in [0, 0.1) is 0 Å². The zero-order chi connectivity index (χ0) is 6.04. The van der Waals surface area contributed by atoms with Gasteiger partial charge in [0.2, 0.25) is 0 Å². The molecule has 0 heterocycles. The van der Waals surface area contributed by atoms with Crippen molar-refractivity contribution in [1.82, 2.24) is 0 Å². The zero-order valence-corrected chi connectivity index (χ0v) is 11.5. The quantitative estimate of drug-likeness (QED) is 0.413. The Labute approximate surface area is 101 Å². The van der Waals surface area contributed by atoms with E-state index >= 15 is 0 Å². The summed E-state index contributed by atoms with van der Waals surface area (Å²) < 4.78 is -0.377. The molecule has 0 aromatic carbocycles. The van der Waals surface area contributed by atoms with Gasteiger partial charge in [-0.2, -0.15) is 0 Å². The molecule has 4 heteroatoms. The Balaban J connectivity index is 0. The minimum atomic E-state index is -0.377. The summed E-state index contributed by atoms with van der Waals surface area (Å²) in [6.45, 7) is 0. The van der Waals surface area contributed by atoms with Crippen molar-refractivity contribution in [2.45, 2.75) is 36.4 Å². The Morgan fingerprint density at radius 1 is 0.800 bits per heavy atom. The van der Waals surface area contributed by atoms with Gasteiger partial charge in [0.25, 0.3) is 0 Å². The smallest absolute Gasteiger partial charge is 0.102 e. The molecular weight excluding hydrogens is 533 g/mol. The molecular formula is C6H10Cl2Pt2. The maximum atomic E-state index is 5.84. The molecule has 0 radical (unpaired) electrons. The summed E-state index contributed by atoms with van der Waals surface area (Å²) in [7, 11) is 0. The first kappa shape index (κ1) is 14.5. The summed E-state index contributed by atoms with van der Waals surface area (Å²) in [6, 6.07) is 0. The van der Waals surface area contributed by atoms with E-state index in [2.05, 4.69) is 0 Å². The molecule has 10 heavy (non-hydrogen) atoms. The molecule has 0 amide bonds. The van der Waals surface area contributed by atoms with Crippen LogP contribution in [0.15, 0.2) is 0 Å². The van der Waals surface area contributed by atoms with E-state index in [0.717, 1.165) is 12.8 Å². The second-order valence-electron chi connectivity index (χ2n) is 2.42. The molecule has 0 aromatic heterocycles. The predicted molar refractivity (Wildman–Crippen MR) is 37.5 cm³/mol. The van der Waals surface area contributed by atoms with Gasteiger partial charge >= 0.3 is 0 Å². The minimum absolute atomic E-state index is 0. The van der Waals surface area contributed by atoms with Crippen molar-refractivity contribution >= 4 is 23.2 Å². The van der Waals surface area contributed by atoms with Gasteiger partial charge in [0.15, 0.2) is 0 Å². The Morgan fingerprint density at radius 2 is 1.20 bits per heavy atom. The molecule has 1 fully saturated rings. The van der Waals surface area contributed by atoms with Gasteiger partial charge in [0.05, 0.1) is 0 Å². The first-order valence-corrected chi connectivity index (χ1v) is 3.84. The summed E-state index contributed by atoms with van der Waals surface area (Å²) in [5.41, 5.74) is 0. The van der Waals surface area contributed by atoms with Crippen LogP contribution in [0.25, 0.3) is 0 Å². The number of hydrogen-bond acceptors (Lipinski definition) is 0. The molecule has 0 bridgehead atoms. The predicted octanol–water partition coefficient (Wildman–Crippen LogP) is 3.12. The molecule has 0 spiro atoms. The molecule has 1 aliphatic rings. The molecule has 0 nitrogen and oxygen atoms in total. The molecule has 68 valence electrons. The zero-order valence-electron chi connectivity index (χ0n) is 5.42. The van der Waals surface area contributed by atoms with Crippen molar-refractivity contribution in [2.75, 3.05) is 0 Å². The number of rotatable bonds is 0. The second-order valence-corrected chi connectivity index (χ2v) is 4.06. The van der Waals surface area contributed by atoms with E-state index in [0.29, 0.717) is 0 Å². The van der Waals surface area contributed by atoms with Crippen LogP contribution < -0.4 is 0 Å². The van der Waals surface area contributed by atoms with Crippen LogP contribution in [0.4, 0.5) is 0 Å². The van der Waals surface area contributed by atoms with Crippen LogP contribution >= 0.6 is 23.2 Å². The summed E-state index contributed by atoms with van der Waals surface area (Å²) in [4.78, 5) is 0. The van der Waals surface area contributed by atoms with Gasteiger partial charge in [-0.3, -0.25) is 0 Å². The molecule has 0 aliphatic heterocycles. The Hall–Kier alpha value is 1.96. The summed E-state index contributed by atoms with van der Waals surface area (Å²) in [6.07, 6.45) is 5.67. The normalized spacial score (nSPS) is 22.2. The van der Waals surface area contributed by atoms with Crippen LogP contribution in [-0.2, 0) is 42.1 Å². The van der Waals surface area contributed by atoms with Crippen LogP contribution in [-0.4, -0.2) is 4.33 Å². The maximum Gasteiger partial charge on any atom is 0.118 e. The summed E-state index contributed by atoms with van der Waals surface area (Å²) in [5, 5.41) is 0. The van der Waals surface area contributed by atoms with E-state index in [-0.39, 0.29) is 46.5 Å². The van der Waals surface area contributed by atoms with Crippen LogP contribution in [0.1, 0.15) is 32.1 Å². The molecule has 1 aliphatic carbocycles. The van der Waals surface area contributed by atoms with E-state index in [1.807, 2.05) is 0 Å². The summed E-state index contributed by atoms with van der Waals surface area (Å²) in [5.74, 6) is 0. The first-order valence-electron chi connectivity index (χ1n) is 3.09. The molecule has 1 saturated carbocycles. The van der Waals surface area contributed by atoms with Crippen molar-refractivity contribution in [2.24, 2.45) is 0 Å².